The minimum absolute atomic E-state index is 0.0776. The molecule has 2 aliphatic rings. The highest BCUT2D eigenvalue weighted by molar-refractivity contribution is 7.91. The molecule has 2 aliphatic heterocycles. The topological polar surface area (TPSA) is 104 Å². The molecule has 0 aliphatic carbocycles. The fourth-order valence-electron chi connectivity index (χ4n) is 4.00. The van der Waals surface area contributed by atoms with Gasteiger partial charge in [0.25, 0.3) is 0 Å². The third-order valence-electron chi connectivity index (χ3n) is 5.83. The fraction of sp³-hybridized carbons (Fsp3) is 0.684. The van der Waals surface area contributed by atoms with Gasteiger partial charge in [0.15, 0.2) is 9.84 Å². The highest BCUT2D eigenvalue weighted by atomic mass is 32.2. The number of ether oxygens (including phenoxy) is 1. The van der Waals surface area contributed by atoms with Crippen LogP contribution in [0.1, 0.15) is 36.1 Å². The van der Waals surface area contributed by atoms with Gasteiger partial charge in [-0.05, 0) is 45.7 Å². The Labute approximate surface area is 166 Å². The van der Waals surface area contributed by atoms with Gasteiger partial charge in [0, 0.05) is 18.3 Å². The number of hydrogen-bond donors (Lipinski definition) is 1. The largest absolute Gasteiger partial charge is 0.376 e. The number of sulfone groups is 1. The van der Waals surface area contributed by atoms with Crippen LogP contribution in [0.3, 0.4) is 0 Å². The number of rotatable bonds is 6. The molecule has 3 heterocycles. The van der Waals surface area contributed by atoms with Gasteiger partial charge < -0.3 is 14.6 Å². The Morgan fingerprint density at radius 3 is 2.71 bits per heavy atom. The predicted molar refractivity (Wildman–Crippen MR) is 106 cm³/mol. The number of carbonyl (C=O) groups is 1. The van der Waals surface area contributed by atoms with E-state index in [1.807, 2.05) is 18.4 Å². The van der Waals surface area contributed by atoms with Gasteiger partial charge >= 0.3 is 0 Å². The molecule has 9 heteroatoms. The van der Waals surface area contributed by atoms with Crippen molar-refractivity contribution < 1.29 is 17.9 Å². The Kier molecular flexibility index (Phi) is 6.12. The van der Waals surface area contributed by atoms with Crippen molar-refractivity contribution in [2.45, 2.75) is 51.8 Å². The molecule has 2 atom stereocenters. The first-order chi connectivity index (χ1) is 13.2. The molecule has 0 spiro atoms. The number of nitrogens with one attached hydrogen (secondary N) is 1. The van der Waals surface area contributed by atoms with Crippen LogP contribution >= 0.6 is 0 Å². The summed E-state index contributed by atoms with van der Waals surface area (Å²) in [5, 5.41) is 12.5. The molecule has 1 aromatic rings. The van der Waals surface area contributed by atoms with E-state index < -0.39 is 9.84 Å². The van der Waals surface area contributed by atoms with Gasteiger partial charge in [0.05, 0.1) is 36.3 Å². The average Bonchev–Trinajstić information content (AvgIpc) is 3.31. The van der Waals surface area contributed by atoms with Crippen molar-refractivity contribution in [3.05, 3.63) is 16.8 Å². The van der Waals surface area contributed by atoms with Crippen molar-refractivity contribution in [3.63, 3.8) is 0 Å². The van der Waals surface area contributed by atoms with Crippen LogP contribution in [0.5, 0.6) is 0 Å². The Hall–Kier alpha value is -1.89. The maximum atomic E-state index is 12.7. The number of nitrogens with zero attached hydrogens (tertiary/aromatic N) is 3. The van der Waals surface area contributed by atoms with Crippen LogP contribution in [0.15, 0.2) is 0 Å². The number of hydrogen-bond acceptors (Lipinski definition) is 6. The van der Waals surface area contributed by atoms with Gasteiger partial charge in [-0.25, -0.2) is 8.42 Å². The smallest absolute Gasteiger partial charge is 0.239 e. The molecule has 3 rings (SSSR count). The molecule has 2 fully saturated rings. The number of nitriles is 1. The summed E-state index contributed by atoms with van der Waals surface area (Å²) >= 11 is 0. The normalized spacial score (nSPS) is 23.8. The Balaban J connectivity index is 1.74. The third kappa shape index (κ3) is 4.40. The molecule has 154 valence electrons. The summed E-state index contributed by atoms with van der Waals surface area (Å²) in [6, 6.07) is 2.06. The Morgan fingerprint density at radius 1 is 1.39 bits per heavy atom. The fourth-order valence-corrected chi connectivity index (χ4v) is 5.81. The number of amides is 1. The molecule has 0 radical (unpaired) electrons. The van der Waals surface area contributed by atoms with E-state index in [2.05, 4.69) is 11.4 Å². The van der Waals surface area contributed by atoms with E-state index in [0.29, 0.717) is 24.3 Å². The maximum absolute atomic E-state index is 12.7. The van der Waals surface area contributed by atoms with Gasteiger partial charge in [-0.1, -0.05) is 0 Å². The zero-order valence-electron chi connectivity index (χ0n) is 16.7. The van der Waals surface area contributed by atoms with Crippen LogP contribution in [0.2, 0.25) is 0 Å². The minimum atomic E-state index is -3.00. The van der Waals surface area contributed by atoms with Crippen LogP contribution in [0.4, 0.5) is 5.82 Å². The van der Waals surface area contributed by atoms with E-state index >= 15 is 0 Å². The molecule has 0 aromatic carbocycles. The van der Waals surface area contributed by atoms with Crippen LogP contribution in [-0.2, 0) is 25.9 Å². The first kappa shape index (κ1) is 20.8. The monoisotopic (exact) mass is 408 g/mol. The SMILES string of the molecule is Cc1c(C#N)c(NC(=O)CN(C)[C@@H]2CCS(=O)(=O)C2)n(C[C@H]2CCCO2)c1C. The lowest BCUT2D eigenvalue weighted by Gasteiger charge is -2.23. The highest BCUT2D eigenvalue weighted by Crippen LogP contribution is 2.28. The van der Waals surface area contributed by atoms with Crippen LogP contribution in [0.25, 0.3) is 0 Å². The molecule has 0 bridgehead atoms. The average molecular weight is 409 g/mol. The standard InChI is InChI=1S/C19H28N4O4S/c1-13-14(2)23(10-16-5-4-7-27-16)19(17(13)9-20)21-18(24)11-22(3)15-6-8-28(25,26)12-15/h15-16H,4-8,10-12H2,1-3H3,(H,21,24)/t15-,16-/m1/s1. The van der Waals surface area contributed by atoms with Crippen molar-refractivity contribution in [1.82, 2.24) is 9.47 Å². The van der Waals surface area contributed by atoms with E-state index in [0.717, 1.165) is 30.7 Å². The molecule has 8 nitrogen and oxygen atoms in total. The van der Waals surface area contributed by atoms with Crippen molar-refractivity contribution >= 4 is 21.6 Å². The summed E-state index contributed by atoms with van der Waals surface area (Å²) in [5.74, 6) is 0.512. The first-order valence-electron chi connectivity index (χ1n) is 9.63. The summed E-state index contributed by atoms with van der Waals surface area (Å²) in [7, 11) is -1.24. The first-order valence-corrected chi connectivity index (χ1v) is 11.5. The molecule has 0 saturated carbocycles. The Morgan fingerprint density at radius 2 is 2.14 bits per heavy atom. The number of likely N-dealkylation sites (N-methyl/N-ethyl adjacent to an activating group) is 1. The van der Waals surface area contributed by atoms with E-state index in [1.165, 1.54) is 0 Å². The van der Waals surface area contributed by atoms with Crippen molar-refractivity contribution in [2.75, 3.05) is 37.0 Å². The lowest BCUT2D eigenvalue weighted by molar-refractivity contribution is -0.117. The van der Waals surface area contributed by atoms with Gasteiger partial charge in [0.1, 0.15) is 11.9 Å². The minimum Gasteiger partial charge on any atom is -0.376 e. The summed E-state index contributed by atoms with van der Waals surface area (Å²) in [6.07, 6.45) is 2.61. The lowest BCUT2D eigenvalue weighted by Crippen LogP contribution is -2.39. The maximum Gasteiger partial charge on any atom is 0.239 e. The highest BCUT2D eigenvalue weighted by Gasteiger charge is 2.31. The molecule has 1 aromatic heterocycles. The molecular weight excluding hydrogens is 380 g/mol. The zero-order chi connectivity index (χ0) is 20.5. The second kappa shape index (κ2) is 8.23. The molecular formula is C19H28N4O4S. The summed E-state index contributed by atoms with van der Waals surface area (Å²) < 4.78 is 31.0. The van der Waals surface area contributed by atoms with E-state index in [4.69, 9.17) is 4.74 Å². The van der Waals surface area contributed by atoms with Crippen LogP contribution < -0.4 is 5.32 Å². The van der Waals surface area contributed by atoms with Crippen molar-refractivity contribution in [1.29, 1.82) is 5.26 Å². The van der Waals surface area contributed by atoms with E-state index in [1.54, 1.807) is 11.9 Å². The second-order valence-corrected chi connectivity index (χ2v) is 10.0. The third-order valence-corrected chi connectivity index (χ3v) is 7.58. The number of aromatic nitrogens is 1. The van der Waals surface area contributed by atoms with Gasteiger partial charge in [-0.15, -0.1) is 0 Å². The quantitative estimate of drug-likeness (QED) is 0.759. The zero-order valence-corrected chi connectivity index (χ0v) is 17.5. The molecule has 0 unspecified atom stereocenters. The predicted octanol–water partition coefficient (Wildman–Crippen LogP) is 1.21. The number of anilines is 1. The van der Waals surface area contributed by atoms with Crippen LogP contribution in [-0.4, -0.2) is 67.6 Å². The van der Waals surface area contributed by atoms with Crippen molar-refractivity contribution in [3.8, 4) is 6.07 Å². The lowest BCUT2D eigenvalue weighted by atomic mass is 10.2. The second-order valence-electron chi connectivity index (χ2n) is 7.81. The summed E-state index contributed by atoms with van der Waals surface area (Å²) in [6.45, 7) is 5.24. The Bertz CT molecular complexity index is 894. The molecule has 2 saturated heterocycles. The summed E-state index contributed by atoms with van der Waals surface area (Å²) in [5.41, 5.74) is 2.26. The van der Waals surface area contributed by atoms with E-state index in [9.17, 15) is 18.5 Å². The number of carbonyl (C=O) groups excluding carboxylic acids is 1. The van der Waals surface area contributed by atoms with Crippen LogP contribution in [0, 0.1) is 25.2 Å². The van der Waals surface area contributed by atoms with Crippen molar-refractivity contribution in [2.24, 2.45) is 0 Å². The summed E-state index contributed by atoms with van der Waals surface area (Å²) in [4.78, 5) is 14.4. The molecule has 1 N–H and O–H groups in total. The molecule has 28 heavy (non-hydrogen) atoms. The van der Waals surface area contributed by atoms with E-state index in [-0.39, 0.29) is 36.1 Å². The van der Waals surface area contributed by atoms with Gasteiger partial charge in [0.2, 0.25) is 5.91 Å². The van der Waals surface area contributed by atoms with Gasteiger partial charge in [-0.3, -0.25) is 9.69 Å². The van der Waals surface area contributed by atoms with Gasteiger partial charge in [-0.2, -0.15) is 5.26 Å². The molecule has 1 amide bonds.